The van der Waals surface area contributed by atoms with Crippen molar-refractivity contribution in [2.24, 2.45) is 0 Å². The van der Waals surface area contributed by atoms with Crippen molar-refractivity contribution >= 4 is 5.91 Å². The van der Waals surface area contributed by atoms with Gasteiger partial charge in [0.1, 0.15) is 0 Å². The summed E-state index contributed by atoms with van der Waals surface area (Å²) in [5.74, 6) is -0.123. The third-order valence-electron chi connectivity index (χ3n) is 3.50. The molecule has 0 spiro atoms. The van der Waals surface area contributed by atoms with Gasteiger partial charge in [-0.15, -0.1) is 5.10 Å². The van der Waals surface area contributed by atoms with E-state index in [0.717, 1.165) is 25.9 Å². The van der Waals surface area contributed by atoms with E-state index in [0.29, 0.717) is 11.7 Å². The van der Waals surface area contributed by atoms with Gasteiger partial charge in [-0.3, -0.25) is 4.79 Å². The second kappa shape index (κ2) is 6.65. The Morgan fingerprint density at radius 3 is 3.00 bits per heavy atom. The van der Waals surface area contributed by atoms with Crippen LogP contribution < -0.4 is 10.6 Å². The van der Waals surface area contributed by atoms with Crippen molar-refractivity contribution in [2.45, 2.75) is 51.6 Å². The van der Waals surface area contributed by atoms with Gasteiger partial charge in [-0.2, -0.15) is 0 Å². The van der Waals surface area contributed by atoms with E-state index in [1.54, 1.807) is 10.9 Å². The summed E-state index contributed by atoms with van der Waals surface area (Å²) in [5, 5.41) is 14.1. The number of carbonyl (C=O) groups is 1. The molecule has 1 saturated heterocycles. The Bertz CT molecular complexity index is 413. The molecule has 1 aromatic rings. The maximum atomic E-state index is 12.0. The minimum absolute atomic E-state index is 0.123. The third kappa shape index (κ3) is 3.76. The number of amides is 1. The molecule has 1 aromatic heterocycles. The number of nitrogens with one attached hydrogen (secondary N) is 2. The average Bonchev–Trinajstić information content (AvgIpc) is 2.76. The second-order valence-electron chi connectivity index (χ2n) is 5.27. The third-order valence-corrected chi connectivity index (χ3v) is 3.50. The number of carbonyl (C=O) groups excluding carboxylic acids is 1. The van der Waals surface area contributed by atoms with Crippen LogP contribution >= 0.6 is 0 Å². The van der Waals surface area contributed by atoms with E-state index >= 15 is 0 Å². The number of unbranched alkanes of at least 4 members (excludes halogenated alkanes) is 2. The van der Waals surface area contributed by atoms with Crippen molar-refractivity contribution in [3.63, 3.8) is 0 Å². The van der Waals surface area contributed by atoms with Gasteiger partial charge in [-0.1, -0.05) is 31.4 Å². The first-order chi connectivity index (χ1) is 9.20. The van der Waals surface area contributed by atoms with Gasteiger partial charge in [0, 0.05) is 19.1 Å². The number of aromatic nitrogens is 3. The van der Waals surface area contributed by atoms with Gasteiger partial charge in [0.25, 0.3) is 5.91 Å². The lowest BCUT2D eigenvalue weighted by atomic mass is 10.1. The zero-order chi connectivity index (χ0) is 13.7. The number of nitrogens with zero attached hydrogens (tertiary/aromatic N) is 3. The maximum Gasteiger partial charge on any atom is 0.273 e. The summed E-state index contributed by atoms with van der Waals surface area (Å²) in [6.45, 7) is 6.01. The zero-order valence-electron chi connectivity index (χ0n) is 11.7. The molecule has 1 fully saturated rings. The van der Waals surface area contributed by atoms with Gasteiger partial charge in [0.2, 0.25) is 0 Å². The van der Waals surface area contributed by atoms with E-state index in [9.17, 15) is 4.79 Å². The Hall–Kier alpha value is -1.43. The first kappa shape index (κ1) is 14.0. The zero-order valence-corrected chi connectivity index (χ0v) is 11.7. The molecule has 106 valence electrons. The van der Waals surface area contributed by atoms with Gasteiger partial charge >= 0.3 is 0 Å². The fourth-order valence-corrected chi connectivity index (χ4v) is 2.09. The van der Waals surface area contributed by atoms with Crippen molar-refractivity contribution in [1.29, 1.82) is 0 Å². The highest BCUT2D eigenvalue weighted by atomic mass is 16.2. The van der Waals surface area contributed by atoms with E-state index in [2.05, 4.69) is 27.9 Å². The van der Waals surface area contributed by atoms with Crippen molar-refractivity contribution < 1.29 is 4.79 Å². The minimum Gasteiger partial charge on any atom is -0.348 e. The van der Waals surface area contributed by atoms with Crippen LogP contribution in [0.5, 0.6) is 0 Å². The lowest BCUT2D eigenvalue weighted by molar-refractivity contribution is 0.0932. The fraction of sp³-hybridized carbons (Fsp3) is 0.769. The van der Waals surface area contributed by atoms with Crippen LogP contribution in [0.2, 0.25) is 0 Å². The van der Waals surface area contributed by atoms with E-state index < -0.39 is 0 Å². The minimum atomic E-state index is -0.123. The average molecular weight is 265 g/mol. The van der Waals surface area contributed by atoms with Gasteiger partial charge < -0.3 is 10.6 Å². The van der Waals surface area contributed by atoms with Crippen LogP contribution in [0.25, 0.3) is 0 Å². The van der Waals surface area contributed by atoms with Crippen LogP contribution in [0.1, 0.15) is 56.1 Å². The summed E-state index contributed by atoms with van der Waals surface area (Å²) < 4.78 is 1.77. The highest BCUT2D eigenvalue weighted by Crippen LogP contribution is 2.10. The van der Waals surface area contributed by atoms with Crippen LogP contribution in [0.15, 0.2) is 6.20 Å². The molecule has 0 aromatic carbocycles. The molecule has 1 amide bonds. The quantitative estimate of drug-likeness (QED) is 0.725. The summed E-state index contributed by atoms with van der Waals surface area (Å²) in [7, 11) is 0. The van der Waals surface area contributed by atoms with Gasteiger partial charge in [-0.25, -0.2) is 4.68 Å². The summed E-state index contributed by atoms with van der Waals surface area (Å²) in [4.78, 5) is 12.0. The van der Waals surface area contributed by atoms with Crippen LogP contribution in [-0.4, -0.2) is 40.0 Å². The first-order valence-electron chi connectivity index (χ1n) is 7.14. The lowest BCUT2D eigenvalue weighted by Gasteiger charge is -2.26. The molecule has 0 aliphatic carbocycles. The van der Waals surface area contributed by atoms with Gasteiger partial charge in [0.05, 0.1) is 12.2 Å². The second-order valence-corrected chi connectivity index (χ2v) is 5.27. The van der Waals surface area contributed by atoms with E-state index in [1.807, 2.05) is 6.92 Å². The molecule has 1 aliphatic heterocycles. The number of hydrogen-bond donors (Lipinski definition) is 2. The Kier molecular flexibility index (Phi) is 4.90. The Balaban J connectivity index is 1.80. The van der Waals surface area contributed by atoms with E-state index in [-0.39, 0.29) is 11.9 Å². The summed E-state index contributed by atoms with van der Waals surface area (Å²) in [5.41, 5.74) is 0.411. The van der Waals surface area contributed by atoms with E-state index in [4.69, 9.17) is 0 Å². The van der Waals surface area contributed by atoms with E-state index in [1.165, 1.54) is 12.8 Å². The topological polar surface area (TPSA) is 71.8 Å². The predicted molar refractivity (Wildman–Crippen MR) is 73.0 cm³/mol. The Morgan fingerprint density at radius 1 is 1.58 bits per heavy atom. The molecule has 1 aliphatic rings. The van der Waals surface area contributed by atoms with Crippen molar-refractivity contribution in [2.75, 3.05) is 13.1 Å². The van der Waals surface area contributed by atoms with Crippen LogP contribution in [0.4, 0.5) is 0 Å². The van der Waals surface area contributed by atoms with Crippen molar-refractivity contribution in [3.8, 4) is 0 Å². The fourth-order valence-electron chi connectivity index (χ4n) is 2.09. The Morgan fingerprint density at radius 2 is 2.37 bits per heavy atom. The predicted octanol–water partition coefficient (Wildman–Crippen LogP) is 1.12. The highest BCUT2D eigenvalue weighted by Gasteiger charge is 2.22. The first-order valence-corrected chi connectivity index (χ1v) is 7.14. The van der Waals surface area contributed by atoms with Crippen LogP contribution in [-0.2, 0) is 0 Å². The van der Waals surface area contributed by atoms with Gasteiger partial charge in [0.15, 0.2) is 5.69 Å². The molecule has 6 nitrogen and oxygen atoms in total. The van der Waals surface area contributed by atoms with Gasteiger partial charge in [-0.05, 0) is 13.3 Å². The maximum absolute atomic E-state index is 12.0. The largest absolute Gasteiger partial charge is 0.348 e. The Labute approximate surface area is 113 Å². The molecule has 19 heavy (non-hydrogen) atoms. The monoisotopic (exact) mass is 265 g/mol. The number of hydrogen-bond acceptors (Lipinski definition) is 4. The summed E-state index contributed by atoms with van der Waals surface area (Å²) in [6, 6.07) is 0.533. The molecule has 0 bridgehead atoms. The molecule has 2 heterocycles. The standard InChI is InChI=1S/C13H23N5O/c1-3-4-5-6-10(2)15-13(19)12-9-18(17-16-12)11-7-14-8-11/h9-11,14H,3-8H2,1-2H3,(H,15,19). The van der Waals surface area contributed by atoms with Crippen molar-refractivity contribution in [3.05, 3.63) is 11.9 Å². The van der Waals surface area contributed by atoms with Crippen LogP contribution in [0, 0.1) is 0 Å². The molecule has 0 saturated carbocycles. The molecule has 0 radical (unpaired) electrons. The molecule has 2 N–H and O–H groups in total. The van der Waals surface area contributed by atoms with Crippen molar-refractivity contribution in [1.82, 2.24) is 25.6 Å². The molecular formula is C13H23N5O. The molecule has 6 heteroatoms. The molecule has 2 rings (SSSR count). The normalized spacial score (nSPS) is 16.9. The summed E-state index contributed by atoms with van der Waals surface area (Å²) >= 11 is 0. The molecule has 1 atom stereocenters. The van der Waals surface area contributed by atoms with Crippen LogP contribution in [0.3, 0.4) is 0 Å². The molecular weight excluding hydrogens is 242 g/mol. The lowest BCUT2D eigenvalue weighted by Crippen LogP contribution is -2.43. The smallest absolute Gasteiger partial charge is 0.273 e. The highest BCUT2D eigenvalue weighted by molar-refractivity contribution is 5.92. The summed E-state index contributed by atoms with van der Waals surface area (Å²) in [6.07, 6.45) is 6.31. The number of rotatable bonds is 7. The molecule has 1 unspecified atom stereocenters. The SMILES string of the molecule is CCCCCC(C)NC(=O)c1cn(C2CNC2)nn1.